The zero-order chi connectivity index (χ0) is 20.7. The van der Waals surface area contributed by atoms with Crippen molar-refractivity contribution in [1.82, 2.24) is 0 Å². The summed E-state index contributed by atoms with van der Waals surface area (Å²) in [6.07, 6.45) is -6.52. The number of aliphatic hydroxyl groups excluding tert-OH is 3. The molecule has 1 fully saturated rings. The lowest BCUT2D eigenvalue weighted by atomic mass is 10.00. The van der Waals surface area contributed by atoms with Gasteiger partial charge in [-0.2, -0.15) is 0 Å². The molecule has 152 valence electrons. The number of fused-ring (bicyclic) bond motifs is 1. The van der Waals surface area contributed by atoms with Gasteiger partial charge in [0.1, 0.15) is 46.5 Å². The van der Waals surface area contributed by atoms with E-state index >= 15 is 0 Å². The van der Waals surface area contributed by atoms with Crippen molar-refractivity contribution in [3.05, 3.63) is 58.8 Å². The van der Waals surface area contributed by atoms with Gasteiger partial charge in [0.15, 0.2) is 5.43 Å². The molecule has 0 amide bonds. The molecule has 1 aromatic heterocycles. The fourth-order valence-corrected chi connectivity index (χ4v) is 3.31. The van der Waals surface area contributed by atoms with E-state index in [1.807, 2.05) is 6.07 Å². The van der Waals surface area contributed by atoms with Crippen molar-refractivity contribution in [2.24, 2.45) is 0 Å². The number of hydrogen-bond donors (Lipinski definition) is 4. The van der Waals surface area contributed by atoms with Gasteiger partial charge in [0.25, 0.3) is 0 Å². The number of aliphatic hydroxyl groups is 3. The number of phenols is 1. The molecule has 4 rings (SSSR count). The molecule has 1 saturated heterocycles. The fraction of sp³-hybridized carbons (Fsp3) is 0.286. The molecule has 29 heavy (non-hydrogen) atoms. The lowest BCUT2D eigenvalue weighted by molar-refractivity contribution is -0.267. The van der Waals surface area contributed by atoms with Crippen LogP contribution in [0.2, 0.25) is 0 Å². The van der Waals surface area contributed by atoms with Gasteiger partial charge in [-0.1, -0.05) is 30.3 Å². The van der Waals surface area contributed by atoms with Gasteiger partial charge in [0.2, 0.25) is 6.29 Å². The Balaban J connectivity index is 1.76. The lowest BCUT2D eigenvalue weighted by Gasteiger charge is -2.38. The van der Waals surface area contributed by atoms with Gasteiger partial charge in [0.05, 0.1) is 6.10 Å². The summed E-state index contributed by atoms with van der Waals surface area (Å²) in [4.78, 5) is 12.8. The van der Waals surface area contributed by atoms with E-state index in [1.54, 1.807) is 24.3 Å². The van der Waals surface area contributed by atoms with Crippen LogP contribution in [-0.4, -0.2) is 51.1 Å². The molecule has 4 N–H and O–H groups in total. The predicted octanol–water partition coefficient (Wildman–Crippen LogP) is 1.37. The van der Waals surface area contributed by atoms with Crippen LogP contribution in [0.4, 0.5) is 0 Å². The van der Waals surface area contributed by atoms with Gasteiger partial charge in [-0.05, 0) is 6.92 Å². The lowest BCUT2D eigenvalue weighted by Crippen LogP contribution is -2.58. The summed E-state index contributed by atoms with van der Waals surface area (Å²) >= 11 is 0. The molecule has 3 aromatic rings. The van der Waals surface area contributed by atoms with Crippen LogP contribution in [0.3, 0.4) is 0 Å². The summed E-state index contributed by atoms with van der Waals surface area (Å²) in [5.74, 6) is 0.0220. The van der Waals surface area contributed by atoms with Gasteiger partial charge >= 0.3 is 0 Å². The van der Waals surface area contributed by atoms with Crippen LogP contribution < -0.4 is 10.2 Å². The van der Waals surface area contributed by atoms with Crippen LogP contribution in [0, 0.1) is 0 Å². The average molecular weight is 400 g/mol. The molecule has 1 aliphatic heterocycles. The zero-order valence-corrected chi connectivity index (χ0v) is 15.4. The highest BCUT2D eigenvalue weighted by atomic mass is 16.7. The van der Waals surface area contributed by atoms with Gasteiger partial charge in [-0.15, -0.1) is 0 Å². The highest BCUT2D eigenvalue weighted by Gasteiger charge is 2.43. The minimum atomic E-state index is -1.56. The van der Waals surface area contributed by atoms with E-state index in [0.29, 0.717) is 11.3 Å². The number of aromatic hydroxyl groups is 1. The second-order valence-electron chi connectivity index (χ2n) is 6.96. The van der Waals surface area contributed by atoms with E-state index in [1.165, 1.54) is 25.1 Å². The first-order valence-electron chi connectivity index (χ1n) is 9.08. The van der Waals surface area contributed by atoms with Crippen LogP contribution >= 0.6 is 0 Å². The molecule has 2 aromatic carbocycles. The Labute approximate surface area is 165 Å². The van der Waals surface area contributed by atoms with Crippen LogP contribution in [0.15, 0.2) is 57.7 Å². The number of phenolic OH excluding ortho intramolecular Hbond substituents is 1. The molecule has 0 aliphatic carbocycles. The van der Waals surface area contributed by atoms with Crippen molar-refractivity contribution in [1.29, 1.82) is 0 Å². The second kappa shape index (κ2) is 7.49. The molecule has 1 aliphatic rings. The van der Waals surface area contributed by atoms with Crippen LogP contribution in [0.25, 0.3) is 22.3 Å². The van der Waals surface area contributed by atoms with E-state index in [2.05, 4.69) is 0 Å². The first-order chi connectivity index (χ1) is 13.8. The summed E-state index contributed by atoms with van der Waals surface area (Å²) in [5.41, 5.74) is 0.360. The first kappa shape index (κ1) is 19.4. The van der Waals surface area contributed by atoms with Crippen molar-refractivity contribution in [3.8, 4) is 22.8 Å². The Morgan fingerprint density at radius 2 is 1.69 bits per heavy atom. The monoisotopic (exact) mass is 400 g/mol. The number of ether oxygens (including phenoxy) is 2. The van der Waals surface area contributed by atoms with Gasteiger partial charge in [-0.25, -0.2) is 0 Å². The summed E-state index contributed by atoms with van der Waals surface area (Å²) in [6.45, 7) is 1.51. The van der Waals surface area contributed by atoms with Crippen molar-refractivity contribution in [3.63, 3.8) is 0 Å². The highest BCUT2D eigenvalue weighted by molar-refractivity contribution is 5.86. The van der Waals surface area contributed by atoms with Crippen molar-refractivity contribution in [2.75, 3.05) is 0 Å². The summed E-state index contributed by atoms with van der Waals surface area (Å²) in [7, 11) is 0. The predicted molar refractivity (Wildman–Crippen MR) is 103 cm³/mol. The summed E-state index contributed by atoms with van der Waals surface area (Å²) < 4.78 is 16.8. The topological polar surface area (TPSA) is 130 Å². The maximum absolute atomic E-state index is 12.8. The van der Waals surface area contributed by atoms with Crippen molar-refractivity contribution >= 4 is 11.0 Å². The Kier molecular flexibility index (Phi) is 5.01. The maximum atomic E-state index is 12.8. The third kappa shape index (κ3) is 3.58. The van der Waals surface area contributed by atoms with E-state index < -0.39 is 36.1 Å². The van der Waals surface area contributed by atoms with Crippen molar-refractivity contribution < 1.29 is 34.3 Å². The first-order valence-corrected chi connectivity index (χ1v) is 9.08. The minimum Gasteiger partial charge on any atom is -0.508 e. The summed E-state index contributed by atoms with van der Waals surface area (Å²) in [6, 6.07) is 12.8. The maximum Gasteiger partial charge on any atom is 0.229 e. The second-order valence-corrected chi connectivity index (χ2v) is 6.96. The average Bonchev–Trinajstić information content (AvgIpc) is 2.70. The molecule has 5 atom stereocenters. The Hall–Kier alpha value is -2.91. The Morgan fingerprint density at radius 1 is 0.966 bits per heavy atom. The fourth-order valence-electron chi connectivity index (χ4n) is 3.31. The molecular weight excluding hydrogens is 380 g/mol. The molecule has 0 bridgehead atoms. The van der Waals surface area contributed by atoms with Crippen LogP contribution in [0.1, 0.15) is 6.92 Å². The number of rotatable bonds is 3. The molecule has 5 unspecified atom stereocenters. The standard InChI is InChI=1S/C21H20O8/c1-10-18(24)19(25)20(26)21(27-10)29-16-8-12(22)7-15-17(16)13(23)9-14(28-15)11-5-3-2-4-6-11/h2-10,18-22,24-26H,1H3. The molecule has 2 heterocycles. The van der Waals surface area contributed by atoms with E-state index in [4.69, 9.17) is 13.9 Å². The van der Waals surface area contributed by atoms with Crippen LogP contribution in [-0.2, 0) is 4.74 Å². The number of hydrogen-bond acceptors (Lipinski definition) is 8. The molecular formula is C21H20O8. The quantitative estimate of drug-likeness (QED) is 0.519. The van der Waals surface area contributed by atoms with Gasteiger partial charge < -0.3 is 34.3 Å². The van der Waals surface area contributed by atoms with E-state index in [0.717, 1.165) is 0 Å². The Morgan fingerprint density at radius 3 is 2.41 bits per heavy atom. The third-order valence-corrected chi connectivity index (χ3v) is 4.89. The third-order valence-electron chi connectivity index (χ3n) is 4.89. The van der Waals surface area contributed by atoms with Gasteiger partial charge in [0, 0.05) is 23.8 Å². The molecule has 8 nitrogen and oxygen atoms in total. The smallest absolute Gasteiger partial charge is 0.229 e. The zero-order valence-electron chi connectivity index (χ0n) is 15.4. The normalized spacial score (nSPS) is 27.1. The molecule has 8 heteroatoms. The SMILES string of the molecule is CC1OC(Oc2cc(O)cc3oc(-c4ccccc4)cc(=O)c23)C(O)C(O)C1O. The highest BCUT2D eigenvalue weighted by Crippen LogP contribution is 2.33. The molecule has 0 spiro atoms. The largest absolute Gasteiger partial charge is 0.508 e. The minimum absolute atomic E-state index is 0.0477. The molecule has 0 radical (unpaired) electrons. The van der Waals surface area contributed by atoms with Crippen LogP contribution in [0.5, 0.6) is 11.5 Å². The Bertz CT molecular complexity index is 1080. The van der Waals surface area contributed by atoms with Gasteiger partial charge in [-0.3, -0.25) is 4.79 Å². The van der Waals surface area contributed by atoms with Crippen molar-refractivity contribution in [2.45, 2.75) is 37.6 Å². The van der Waals surface area contributed by atoms with E-state index in [9.17, 15) is 25.2 Å². The van der Waals surface area contributed by atoms with E-state index in [-0.39, 0.29) is 22.5 Å². The molecule has 0 saturated carbocycles. The number of benzene rings is 2. The summed E-state index contributed by atoms with van der Waals surface area (Å²) in [5, 5.41) is 40.0.